The maximum absolute atomic E-state index is 14.3. The third-order valence-corrected chi connectivity index (χ3v) is 10.4. The highest BCUT2D eigenvalue weighted by molar-refractivity contribution is 6.58. The number of aromatic hydroxyl groups is 1. The smallest absolute Gasteiger partial charge is 0.328 e. The summed E-state index contributed by atoms with van der Waals surface area (Å²) < 4.78 is 19.0. The first-order valence-corrected chi connectivity index (χ1v) is 13.9. The summed E-state index contributed by atoms with van der Waals surface area (Å²) in [4.78, 5) is 63.7. The SMILES string of the molecule is COc1cc([C@H]2C3=CC[C@@H]4C(=O)N(C(N)=O)C(=O)[C@@H]4[C@@H]3C[C@@]3(Cl)C(=O)N(c4ccc(F)cc4)C(=O)[C@@]23Cl)cc(Cl)c1O. The molecule has 14 heteroatoms. The van der Waals surface area contributed by atoms with Gasteiger partial charge in [-0.3, -0.25) is 19.2 Å². The lowest BCUT2D eigenvalue weighted by Crippen LogP contribution is -2.60. The number of imide groups is 4. The number of ether oxygens (including phenoxy) is 1. The third-order valence-electron chi connectivity index (χ3n) is 8.72. The van der Waals surface area contributed by atoms with E-state index in [1.54, 1.807) is 6.08 Å². The summed E-state index contributed by atoms with van der Waals surface area (Å²) in [5.41, 5.74) is 6.01. The first-order chi connectivity index (χ1) is 19.8. The average molecular weight is 637 g/mol. The molecule has 218 valence electrons. The van der Waals surface area contributed by atoms with Gasteiger partial charge in [0.25, 0.3) is 11.8 Å². The lowest BCUT2D eigenvalue weighted by molar-refractivity contribution is -0.136. The molecule has 0 aromatic heterocycles. The molecule has 3 fully saturated rings. The number of carbonyl (C=O) groups excluding carboxylic acids is 5. The number of methoxy groups -OCH3 is 1. The number of phenols is 1. The molecule has 4 aliphatic rings. The number of hydrogen-bond acceptors (Lipinski definition) is 7. The fraction of sp³-hybridized carbons (Fsp3) is 0.321. The van der Waals surface area contributed by atoms with Crippen molar-refractivity contribution in [3.63, 3.8) is 0 Å². The highest BCUT2D eigenvalue weighted by atomic mass is 35.5. The van der Waals surface area contributed by atoms with Crippen LogP contribution in [-0.4, -0.2) is 56.5 Å². The summed E-state index contributed by atoms with van der Waals surface area (Å²) in [6.45, 7) is 0. The van der Waals surface area contributed by atoms with E-state index >= 15 is 0 Å². The number of allylic oxidation sites excluding steroid dienone is 2. The summed E-state index contributed by atoms with van der Waals surface area (Å²) in [5, 5.41) is 10.3. The zero-order valence-corrected chi connectivity index (χ0v) is 23.9. The van der Waals surface area contributed by atoms with Crippen LogP contribution >= 0.6 is 34.8 Å². The highest BCUT2D eigenvalue weighted by Crippen LogP contribution is 2.66. The number of alkyl halides is 2. The maximum atomic E-state index is 14.3. The van der Waals surface area contributed by atoms with E-state index < -0.39 is 68.9 Å². The number of hydrogen-bond donors (Lipinski definition) is 2. The number of halogens is 4. The third kappa shape index (κ3) is 3.53. The topological polar surface area (TPSA) is 147 Å². The minimum atomic E-state index is -2.21. The van der Waals surface area contributed by atoms with E-state index in [4.69, 9.17) is 45.3 Å². The van der Waals surface area contributed by atoms with Crippen molar-refractivity contribution in [2.45, 2.75) is 28.5 Å². The number of rotatable bonds is 3. The fourth-order valence-electron chi connectivity index (χ4n) is 6.91. The van der Waals surface area contributed by atoms with E-state index in [1.165, 1.54) is 31.4 Å². The molecule has 2 aromatic carbocycles. The van der Waals surface area contributed by atoms with Crippen LogP contribution in [0.3, 0.4) is 0 Å². The van der Waals surface area contributed by atoms with Crippen LogP contribution in [0.15, 0.2) is 48.0 Å². The first kappa shape index (κ1) is 28.4. The van der Waals surface area contributed by atoms with Gasteiger partial charge < -0.3 is 15.6 Å². The molecule has 2 aliphatic carbocycles. The second-order valence-corrected chi connectivity index (χ2v) is 12.3. The number of amides is 6. The molecule has 2 saturated heterocycles. The Morgan fingerprint density at radius 3 is 2.36 bits per heavy atom. The number of fused-ring (bicyclic) bond motifs is 4. The Balaban J connectivity index is 1.59. The van der Waals surface area contributed by atoms with E-state index in [1.807, 2.05) is 0 Å². The molecule has 1 saturated carbocycles. The van der Waals surface area contributed by atoms with Crippen molar-refractivity contribution in [1.29, 1.82) is 0 Å². The Kier molecular flexibility index (Phi) is 6.38. The van der Waals surface area contributed by atoms with Crippen LogP contribution in [0.5, 0.6) is 11.5 Å². The molecule has 0 spiro atoms. The van der Waals surface area contributed by atoms with Crippen LogP contribution in [0.2, 0.25) is 5.02 Å². The summed E-state index contributed by atoms with van der Waals surface area (Å²) >= 11 is 20.8. The van der Waals surface area contributed by atoms with Gasteiger partial charge in [0.05, 0.1) is 29.7 Å². The van der Waals surface area contributed by atoms with Gasteiger partial charge in [-0.15, -0.1) is 23.2 Å². The van der Waals surface area contributed by atoms with Crippen molar-refractivity contribution < 1.29 is 38.2 Å². The Bertz CT molecular complexity index is 1650. The van der Waals surface area contributed by atoms with Crippen molar-refractivity contribution in [1.82, 2.24) is 4.90 Å². The number of likely N-dealkylation sites (tertiary alicyclic amines) is 1. The molecular weight excluding hydrogens is 616 g/mol. The number of urea groups is 1. The van der Waals surface area contributed by atoms with Crippen molar-refractivity contribution in [3.8, 4) is 11.5 Å². The van der Waals surface area contributed by atoms with E-state index in [0.717, 1.165) is 17.0 Å². The minimum absolute atomic E-state index is 0.0103. The van der Waals surface area contributed by atoms with E-state index in [2.05, 4.69) is 0 Å². The summed E-state index contributed by atoms with van der Waals surface area (Å²) in [5.74, 6) is -8.72. The van der Waals surface area contributed by atoms with Crippen LogP contribution < -0.4 is 15.4 Å². The van der Waals surface area contributed by atoms with Gasteiger partial charge in [0.15, 0.2) is 21.2 Å². The van der Waals surface area contributed by atoms with E-state index in [-0.39, 0.29) is 40.6 Å². The quantitative estimate of drug-likeness (QED) is 0.296. The van der Waals surface area contributed by atoms with Gasteiger partial charge in [-0.25, -0.2) is 14.1 Å². The Morgan fingerprint density at radius 1 is 1.07 bits per heavy atom. The predicted molar refractivity (Wildman–Crippen MR) is 148 cm³/mol. The van der Waals surface area contributed by atoms with Gasteiger partial charge >= 0.3 is 6.03 Å². The molecule has 6 atom stereocenters. The Hall–Kier alpha value is -3.67. The van der Waals surface area contributed by atoms with Gasteiger partial charge in [0.1, 0.15) is 5.82 Å². The normalized spacial score (nSPS) is 32.0. The van der Waals surface area contributed by atoms with E-state index in [9.17, 15) is 33.5 Å². The molecule has 0 bridgehead atoms. The zero-order chi connectivity index (χ0) is 30.5. The molecule has 6 amide bonds. The first-order valence-electron chi connectivity index (χ1n) is 12.7. The molecule has 2 heterocycles. The summed E-state index contributed by atoms with van der Waals surface area (Å²) in [7, 11) is 1.29. The largest absolute Gasteiger partial charge is 0.503 e. The van der Waals surface area contributed by atoms with Crippen LogP contribution in [0.4, 0.5) is 14.9 Å². The van der Waals surface area contributed by atoms with Crippen LogP contribution in [0, 0.1) is 23.6 Å². The van der Waals surface area contributed by atoms with Gasteiger partial charge in [0, 0.05) is 5.92 Å². The molecule has 2 aromatic rings. The number of anilines is 1. The highest BCUT2D eigenvalue weighted by Gasteiger charge is 2.76. The number of carbonyl (C=O) groups is 5. The Morgan fingerprint density at radius 2 is 1.74 bits per heavy atom. The van der Waals surface area contributed by atoms with Crippen molar-refractivity contribution >= 4 is 70.2 Å². The molecule has 42 heavy (non-hydrogen) atoms. The molecule has 0 radical (unpaired) electrons. The fourth-order valence-corrected chi connectivity index (χ4v) is 8.06. The van der Waals surface area contributed by atoms with Crippen LogP contribution in [0.1, 0.15) is 24.3 Å². The lowest BCUT2D eigenvalue weighted by atomic mass is 9.56. The molecule has 6 rings (SSSR count). The van der Waals surface area contributed by atoms with Gasteiger partial charge in [-0.2, -0.15) is 4.90 Å². The van der Waals surface area contributed by atoms with Crippen molar-refractivity contribution in [3.05, 3.63) is 64.5 Å². The lowest BCUT2D eigenvalue weighted by Gasteiger charge is -2.50. The van der Waals surface area contributed by atoms with Crippen molar-refractivity contribution in [2.24, 2.45) is 23.5 Å². The standard InChI is InChI=1S/C28H21Cl3FN3O7/c1-42-18-9-11(8-17(29)21(18)36)20-14-6-7-15-19(23(38)35(22(15)37)26(33)41)16(14)10-27(30)24(39)34(25(40)28(20,27)31)13-4-2-12(32)3-5-13/h2-6,8-9,15-16,19-20,36H,7,10H2,1H3,(H2,33,41)/t15-,16+,19-,20-,27+,28-/m0/s1. The predicted octanol–water partition coefficient (Wildman–Crippen LogP) is 3.84. The molecule has 0 unspecified atom stereocenters. The maximum Gasteiger partial charge on any atom is 0.328 e. The monoisotopic (exact) mass is 635 g/mol. The average Bonchev–Trinajstić information content (AvgIpc) is 3.29. The molecule has 10 nitrogen and oxygen atoms in total. The second-order valence-electron chi connectivity index (χ2n) is 10.7. The Labute approximate surface area is 252 Å². The van der Waals surface area contributed by atoms with Gasteiger partial charge in [-0.05, 0) is 60.7 Å². The number of nitrogens with zero attached hydrogens (tertiary/aromatic N) is 2. The van der Waals surface area contributed by atoms with Crippen molar-refractivity contribution in [2.75, 3.05) is 12.0 Å². The molecular formula is C28H21Cl3FN3O7. The van der Waals surface area contributed by atoms with E-state index in [0.29, 0.717) is 10.5 Å². The zero-order valence-electron chi connectivity index (χ0n) is 21.6. The van der Waals surface area contributed by atoms with Gasteiger partial charge in [-0.1, -0.05) is 23.3 Å². The second kappa shape index (κ2) is 9.42. The molecule has 2 aliphatic heterocycles. The van der Waals surface area contributed by atoms with Crippen LogP contribution in [-0.2, 0) is 19.2 Å². The number of benzene rings is 2. The molecule has 3 N–H and O–H groups in total. The number of primary amides is 1. The summed E-state index contributed by atoms with van der Waals surface area (Å²) in [6.07, 6.45) is 1.31. The van der Waals surface area contributed by atoms with Gasteiger partial charge in [0.2, 0.25) is 11.8 Å². The summed E-state index contributed by atoms with van der Waals surface area (Å²) in [6, 6.07) is 6.08. The van der Waals surface area contributed by atoms with Crippen LogP contribution in [0.25, 0.3) is 0 Å². The number of nitrogens with two attached hydrogens (primary N) is 1. The minimum Gasteiger partial charge on any atom is -0.503 e. The number of phenolic OH excluding ortho intramolecular Hbond substituents is 1.